The highest BCUT2D eigenvalue weighted by molar-refractivity contribution is 5.98. The number of benzene rings is 1. The fourth-order valence-electron chi connectivity index (χ4n) is 3.01. The van der Waals surface area contributed by atoms with Gasteiger partial charge in [0.1, 0.15) is 0 Å². The average Bonchev–Trinajstić information content (AvgIpc) is 2.75. The van der Waals surface area contributed by atoms with E-state index >= 15 is 0 Å². The number of nitrogens with one attached hydrogen (secondary N) is 1. The topological polar surface area (TPSA) is 49.4 Å². The number of anilines is 1. The molecule has 2 amide bonds. The molecule has 1 heterocycles. The molecule has 0 bridgehead atoms. The van der Waals surface area contributed by atoms with Gasteiger partial charge in [0.25, 0.3) is 0 Å². The van der Waals surface area contributed by atoms with E-state index in [2.05, 4.69) is 17.4 Å². The molecule has 21 heavy (non-hydrogen) atoms. The lowest BCUT2D eigenvalue weighted by Crippen LogP contribution is -2.33. The Morgan fingerprint density at radius 3 is 2.29 bits per heavy atom. The Morgan fingerprint density at radius 2 is 1.81 bits per heavy atom. The first-order valence-corrected chi connectivity index (χ1v) is 7.47. The number of carbonyl (C=O) groups is 2. The number of aryl methyl sites for hydroxylation is 3. The number of amides is 2. The molecule has 0 aliphatic carbocycles. The van der Waals surface area contributed by atoms with E-state index in [1.807, 2.05) is 34.6 Å². The number of rotatable bonds is 3. The highest BCUT2D eigenvalue weighted by Gasteiger charge is 2.35. The Morgan fingerprint density at radius 1 is 1.24 bits per heavy atom. The molecular weight excluding hydrogens is 264 g/mol. The maximum atomic E-state index is 12.4. The molecule has 0 saturated carbocycles. The fourth-order valence-corrected chi connectivity index (χ4v) is 3.01. The van der Waals surface area contributed by atoms with Crippen LogP contribution in [0.15, 0.2) is 12.1 Å². The van der Waals surface area contributed by atoms with Gasteiger partial charge in [-0.2, -0.15) is 0 Å². The number of nitrogens with zero attached hydrogens (tertiary/aromatic N) is 1. The third kappa shape index (κ3) is 3.26. The largest absolute Gasteiger partial charge is 0.339 e. The second-order valence-corrected chi connectivity index (χ2v) is 6.30. The molecule has 1 aliphatic rings. The Balaban J connectivity index is 2.11. The lowest BCUT2D eigenvalue weighted by atomic mass is 10.0. The van der Waals surface area contributed by atoms with Crippen LogP contribution < -0.4 is 5.32 Å². The summed E-state index contributed by atoms with van der Waals surface area (Å²) in [5, 5.41) is 3.01. The lowest BCUT2D eigenvalue weighted by Gasteiger charge is -2.21. The van der Waals surface area contributed by atoms with Crippen LogP contribution >= 0.6 is 0 Å². The predicted octanol–water partition coefficient (Wildman–Crippen LogP) is 2.81. The van der Waals surface area contributed by atoms with E-state index in [9.17, 15) is 9.59 Å². The van der Waals surface area contributed by atoms with E-state index < -0.39 is 0 Å². The molecule has 1 atom stereocenters. The smallest absolute Gasteiger partial charge is 0.229 e. The van der Waals surface area contributed by atoms with E-state index in [-0.39, 0.29) is 23.8 Å². The number of carbonyl (C=O) groups excluding carboxylic acids is 2. The van der Waals surface area contributed by atoms with Gasteiger partial charge in [-0.05, 0) is 45.7 Å². The Kier molecular flexibility index (Phi) is 4.35. The molecule has 1 aromatic carbocycles. The summed E-state index contributed by atoms with van der Waals surface area (Å²) in [4.78, 5) is 26.1. The van der Waals surface area contributed by atoms with Crippen molar-refractivity contribution in [1.82, 2.24) is 4.90 Å². The van der Waals surface area contributed by atoms with E-state index in [1.54, 1.807) is 4.90 Å². The van der Waals surface area contributed by atoms with E-state index in [1.165, 1.54) is 5.56 Å². The third-order valence-corrected chi connectivity index (χ3v) is 4.08. The van der Waals surface area contributed by atoms with Crippen molar-refractivity contribution in [3.05, 3.63) is 28.8 Å². The minimum atomic E-state index is -0.250. The number of hydrogen-bond acceptors (Lipinski definition) is 2. The van der Waals surface area contributed by atoms with Crippen LogP contribution in [-0.2, 0) is 9.59 Å². The van der Waals surface area contributed by atoms with Crippen LogP contribution in [0, 0.1) is 26.7 Å². The van der Waals surface area contributed by atoms with Crippen LogP contribution in [0.3, 0.4) is 0 Å². The van der Waals surface area contributed by atoms with Crippen LogP contribution in [0.1, 0.15) is 37.0 Å². The SMILES string of the molecule is Cc1cc(C)c(NC(=O)[C@H]2CC(=O)N(C(C)C)C2)c(C)c1. The Hall–Kier alpha value is -1.84. The maximum Gasteiger partial charge on any atom is 0.229 e. The van der Waals surface area contributed by atoms with Gasteiger partial charge in [-0.25, -0.2) is 0 Å². The minimum absolute atomic E-state index is 0.0541. The molecule has 4 heteroatoms. The molecule has 1 N–H and O–H groups in total. The quantitative estimate of drug-likeness (QED) is 0.929. The van der Waals surface area contributed by atoms with E-state index in [0.29, 0.717) is 13.0 Å². The van der Waals surface area contributed by atoms with Crippen molar-refractivity contribution in [2.45, 2.75) is 47.1 Å². The second-order valence-electron chi connectivity index (χ2n) is 6.30. The first-order valence-electron chi connectivity index (χ1n) is 7.47. The van der Waals surface area contributed by atoms with Gasteiger partial charge >= 0.3 is 0 Å². The number of hydrogen-bond donors (Lipinski definition) is 1. The molecule has 0 unspecified atom stereocenters. The van der Waals surface area contributed by atoms with Gasteiger partial charge in [-0.15, -0.1) is 0 Å². The zero-order valence-electron chi connectivity index (χ0n) is 13.5. The van der Waals surface area contributed by atoms with Crippen molar-refractivity contribution in [1.29, 1.82) is 0 Å². The highest BCUT2D eigenvalue weighted by Crippen LogP contribution is 2.25. The summed E-state index contributed by atoms with van der Waals surface area (Å²) in [6.45, 7) is 10.5. The van der Waals surface area contributed by atoms with Crippen LogP contribution in [0.25, 0.3) is 0 Å². The van der Waals surface area contributed by atoms with Crippen LogP contribution in [0.5, 0.6) is 0 Å². The standard InChI is InChI=1S/C17H24N2O2/c1-10(2)19-9-14(8-15(19)20)17(21)18-16-12(4)6-11(3)7-13(16)5/h6-7,10,14H,8-9H2,1-5H3,(H,18,21)/t14-/m0/s1. The molecular formula is C17H24N2O2. The van der Waals surface area contributed by atoms with Crippen molar-refractivity contribution in [2.24, 2.45) is 5.92 Å². The summed E-state index contributed by atoms with van der Waals surface area (Å²) in [7, 11) is 0. The zero-order valence-corrected chi connectivity index (χ0v) is 13.5. The van der Waals surface area contributed by atoms with Gasteiger partial charge in [-0.1, -0.05) is 17.7 Å². The zero-order chi connectivity index (χ0) is 15.7. The highest BCUT2D eigenvalue weighted by atomic mass is 16.2. The summed E-state index contributed by atoms with van der Waals surface area (Å²) in [6.07, 6.45) is 0.313. The molecule has 2 rings (SSSR count). The molecule has 0 aromatic heterocycles. The fraction of sp³-hybridized carbons (Fsp3) is 0.529. The molecule has 4 nitrogen and oxygen atoms in total. The first kappa shape index (κ1) is 15.5. The van der Waals surface area contributed by atoms with Crippen molar-refractivity contribution in [2.75, 3.05) is 11.9 Å². The summed E-state index contributed by atoms with van der Waals surface area (Å²) in [5.74, 6) is -0.232. The minimum Gasteiger partial charge on any atom is -0.339 e. The Labute approximate surface area is 126 Å². The van der Waals surface area contributed by atoms with E-state index in [4.69, 9.17) is 0 Å². The Bertz CT molecular complexity index is 555. The summed E-state index contributed by atoms with van der Waals surface area (Å²) >= 11 is 0. The van der Waals surface area contributed by atoms with Gasteiger partial charge in [-0.3, -0.25) is 9.59 Å². The van der Waals surface area contributed by atoms with Crippen molar-refractivity contribution >= 4 is 17.5 Å². The van der Waals surface area contributed by atoms with Gasteiger partial charge in [0, 0.05) is 24.7 Å². The normalized spacial score (nSPS) is 18.5. The summed E-state index contributed by atoms with van der Waals surface area (Å²) < 4.78 is 0. The predicted molar refractivity (Wildman–Crippen MR) is 84.2 cm³/mol. The monoisotopic (exact) mass is 288 g/mol. The summed E-state index contributed by atoms with van der Waals surface area (Å²) in [6, 6.07) is 4.27. The van der Waals surface area contributed by atoms with Crippen LogP contribution in [0.4, 0.5) is 5.69 Å². The van der Waals surface area contributed by atoms with E-state index in [0.717, 1.165) is 16.8 Å². The molecule has 1 saturated heterocycles. The van der Waals surface area contributed by atoms with Crippen molar-refractivity contribution in [3.63, 3.8) is 0 Å². The molecule has 1 aromatic rings. The van der Waals surface area contributed by atoms with Gasteiger partial charge in [0.15, 0.2) is 0 Å². The van der Waals surface area contributed by atoms with Gasteiger partial charge < -0.3 is 10.2 Å². The molecule has 0 radical (unpaired) electrons. The van der Waals surface area contributed by atoms with Gasteiger partial charge in [0.05, 0.1) is 5.92 Å². The molecule has 0 spiro atoms. The van der Waals surface area contributed by atoms with Crippen LogP contribution in [-0.4, -0.2) is 29.3 Å². The van der Waals surface area contributed by atoms with Gasteiger partial charge in [0.2, 0.25) is 11.8 Å². The second kappa shape index (κ2) is 5.88. The third-order valence-electron chi connectivity index (χ3n) is 4.08. The number of likely N-dealkylation sites (tertiary alicyclic amines) is 1. The molecule has 1 aliphatic heterocycles. The molecule has 114 valence electrons. The maximum absolute atomic E-state index is 12.4. The lowest BCUT2D eigenvalue weighted by molar-refractivity contribution is -0.129. The molecule has 1 fully saturated rings. The van der Waals surface area contributed by atoms with Crippen molar-refractivity contribution in [3.8, 4) is 0 Å². The van der Waals surface area contributed by atoms with Crippen LogP contribution in [0.2, 0.25) is 0 Å². The first-order chi connectivity index (χ1) is 9.79. The average molecular weight is 288 g/mol. The summed E-state index contributed by atoms with van der Waals surface area (Å²) in [5.41, 5.74) is 4.18. The van der Waals surface area contributed by atoms with Crippen molar-refractivity contribution < 1.29 is 9.59 Å².